The van der Waals surface area contributed by atoms with Crippen molar-refractivity contribution in [2.75, 3.05) is 7.11 Å². The predicted octanol–water partition coefficient (Wildman–Crippen LogP) is 3.65. The highest BCUT2D eigenvalue weighted by atomic mass is 32.1. The lowest BCUT2D eigenvalue weighted by atomic mass is 10.1. The standard InChI is InChI=1S/C18H15N3O2S/c1-10-8-12(9-23-2)13-14-15(24-18(13)19-10)17(22)21-16(20-14)11-6-4-3-5-7-11/h3-8H,9H2,1-2H3,(H,20,21,22). The lowest BCUT2D eigenvalue weighted by Crippen LogP contribution is -2.07. The van der Waals surface area contributed by atoms with E-state index in [9.17, 15) is 4.79 Å². The van der Waals surface area contributed by atoms with Crippen LogP contribution in [0.3, 0.4) is 0 Å². The first-order valence-electron chi connectivity index (χ1n) is 7.55. The van der Waals surface area contributed by atoms with Gasteiger partial charge in [-0.2, -0.15) is 0 Å². The average Bonchev–Trinajstić information content (AvgIpc) is 2.95. The zero-order valence-electron chi connectivity index (χ0n) is 13.3. The fraction of sp³-hybridized carbons (Fsp3) is 0.167. The zero-order chi connectivity index (χ0) is 16.7. The van der Waals surface area contributed by atoms with Crippen molar-refractivity contribution in [2.24, 2.45) is 0 Å². The summed E-state index contributed by atoms with van der Waals surface area (Å²) < 4.78 is 5.91. The number of hydrogen-bond acceptors (Lipinski definition) is 5. The normalized spacial score (nSPS) is 11.4. The third-order valence-electron chi connectivity index (χ3n) is 3.86. The molecule has 0 atom stereocenters. The molecule has 0 aliphatic rings. The highest BCUT2D eigenvalue weighted by molar-refractivity contribution is 7.25. The van der Waals surface area contributed by atoms with Gasteiger partial charge in [-0.15, -0.1) is 11.3 Å². The van der Waals surface area contributed by atoms with Crippen molar-refractivity contribution in [2.45, 2.75) is 13.5 Å². The highest BCUT2D eigenvalue weighted by Gasteiger charge is 2.16. The van der Waals surface area contributed by atoms with Gasteiger partial charge in [0, 0.05) is 23.8 Å². The van der Waals surface area contributed by atoms with Crippen LogP contribution in [-0.2, 0) is 11.3 Å². The maximum Gasteiger partial charge on any atom is 0.269 e. The molecule has 4 rings (SSSR count). The lowest BCUT2D eigenvalue weighted by Gasteiger charge is -2.05. The minimum atomic E-state index is -0.136. The van der Waals surface area contributed by atoms with Crippen molar-refractivity contribution in [3.63, 3.8) is 0 Å². The van der Waals surface area contributed by atoms with Gasteiger partial charge >= 0.3 is 0 Å². The van der Waals surface area contributed by atoms with Crippen LogP contribution in [0.4, 0.5) is 0 Å². The number of ether oxygens (including phenoxy) is 1. The summed E-state index contributed by atoms with van der Waals surface area (Å²) >= 11 is 1.37. The molecule has 0 saturated carbocycles. The summed E-state index contributed by atoms with van der Waals surface area (Å²) in [5.41, 5.74) is 3.34. The molecule has 0 spiro atoms. The van der Waals surface area contributed by atoms with Crippen molar-refractivity contribution < 1.29 is 4.74 Å². The van der Waals surface area contributed by atoms with Crippen LogP contribution in [-0.4, -0.2) is 22.1 Å². The van der Waals surface area contributed by atoms with Crippen LogP contribution in [0, 0.1) is 6.92 Å². The van der Waals surface area contributed by atoms with Crippen molar-refractivity contribution in [1.29, 1.82) is 0 Å². The van der Waals surface area contributed by atoms with Crippen LogP contribution in [0.1, 0.15) is 11.3 Å². The molecule has 0 amide bonds. The first-order chi connectivity index (χ1) is 11.7. The van der Waals surface area contributed by atoms with Gasteiger partial charge in [-0.05, 0) is 18.6 Å². The predicted molar refractivity (Wildman–Crippen MR) is 96.4 cm³/mol. The lowest BCUT2D eigenvalue weighted by molar-refractivity contribution is 0.186. The van der Waals surface area contributed by atoms with Crippen molar-refractivity contribution >= 4 is 31.8 Å². The molecule has 6 heteroatoms. The Labute approximate surface area is 142 Å². The number of nitrogens with zero attached hydrogens (tertiary/aromatic N) is 2. The third-order valence-corrected chi connectivity index (χ3v) is 4.93. The molecule has 1 N–H and O–H groups in total. The van der Waals surface area contributed by atoms with E-state index in [4.69, 9.17) is 9.72 Å². The summed E-state index contributed by atoms with van der Waals surface area (Å²) in [5.74, 6) is 0.566. The van der Waals surface area contributed by atoms with Gasteiger partial charge in [0.1, 0.15) is 15.4 Å². The van der Waals surface area contributed by atoms with Gasteiger partial charge in [0.2, 0.25) is 0 Å². The van der Waals surface area contributed by atoms with E-state index in [1.807, 2.05) is 43.3 Å². The molecule has 0 bridgehead atoms. The molecule has 120 valence electrons. The SMILES string of the molecule is COCc1cc(C)nc2sc3c(=O)[nH]c(-c4ccccc4)nc3c12. The topological polar surface area (TPSA) is 67.9 Å². The molecule has 4 aromatic rings. The number of nitrogens with one attached hydrogen (secondary N) is 1. The fourth-order valence-corrected chi connectivity index (χ4v) is 3.96. The largest absolute Gasteiger partial charge is 0.380 e. The molecule has 0 radical (unpaired) electrons. The maximum atomic E-state index is 12.6. The van der Waals surface area contributed by atoms with E-state index in [1.54, 1.807) is 7.11 Å². The number of aryl methyl sites for hydroxylation is 1. The number of rotatable bonds is 3. The van der Waals surface area contributed by atoms with Crippen LogP contribution < -0.4 is 5.56 Å². The second-order valence-electron chi connectivity index (χ2n) is 5.60. The van der Waals surface area contributed by atoms with E-state index in [-0.39, 0.29) is 5.56 Å². The summed E-state index contributed by atoms with van der Waals surface area (Å²) in [6.45, 7) is 2.40. The van der Waals surface area contributed by atoms with Gasteiger partial charge in [-0.3, -0.25) is 4.79 Å². The molecule has 1 aromatic carbocycles. The number of thiophene rings is 1. The van der Waals surface area contributed by atoms with Crippen LogP contribution in [0.25, 0.3) is 31.8 Å². The Morgan fingerprint density at radius 2 is 2.00 bits per heavy atom. The summed E-state index contributed by atoms with van der Waals surface area (Å²) in [6, 6.07) is 11.6. The highest BCUT2D eigenvalue weighted by Crippen LogP contribution is 2.33. The first-order valence-corrected chi connectivity index (χ1v) is 8.36. The molecular formula is C18H15N3O2S. The van der Waals surface area contributed by atoms with Crippen LogP contribution in [0.5, 0.6) is 0 Å². The van der Waals surface area contributed by atoms with E-state index >= 15 is 0 Å². The van der Waals surface area contributed by atoms with E-state index in [2.05, 4.69) is 9.97 Å². The summed E-state index contributed by atoms with van der Waals surface area (Å²) in [5, 5.41) is 0.908. The Kier molecular flexibility index (Phi) is 3.63. The number of benzene rings is 1. The van der Waals surface area contributed by atoms with Gasteiger partial charge in [0.25, 0.3) is 5.56 Å². The van der Waals surface area contributed by atoms with Crippen molar-refractivity contribution in [3.05, 3.63) is 58.0 Å². The number of pyridine rings is 1. The van der Waals surface area contributed by atoms with E-state index in [0.29, 0.717) is 22.6 Å². The first kappa shape index (κ1) is 15.0. The molecule has 0 fully saturated rings. The molecule has 0 aliphatic carbocycles. The molecule has 5 nitrogen and oxygen atoms in total. The minimum absolute atomic E-state index is 0.136. The zero-order valence-corrected chi connectivity index (χ0v) is 14.1. The third kappa shape index (κ3) is 2.40. The van der Waals surface area contributed by atoms with E-state index in [1.165, 1.54) is 11.3 Å². The van der Waals surface area contributed by atoms with Gasteiger partial charge in [-0.1, -0.05) is 30.3 Å². The van der Waals surface area contributed by atoms with E-state index in [0.717, 1.165) is 27.0 Å². The number of hydrogen-bond donors (Lipinski definition) is 1. The molecule has 0 saturated heterocycles. The molecule has 3 aromatic heterocycles. The molecular weight excluding hydrogens is 322 g/mol. The Hall–Kier alpha value is -2.57. The second kappa shape index (κ2) is 5.81. The summed E-state index contributed by atoms with van der Waals surface area (Å²) in [7, 11) is 1.66. The Morgan fingerprint density at radius 3 is 2.75 bits per heavy atom. The Morgan fingerprint density at radius 1 is 1.21 bits per heavy atom. The maximum absolute atomic E-state index is 12.6. The van der Waals surface area contributed by atoms with Crippen LogP contribution in [0.15, 0.2) is 41.2 Å². The van der Waals surface area contributed by atoms with Gasteiger partial charge < -0.3 is 9.72 Å². The molecule has 24 heavy (non-hydrogen) atoms. The van der Waals surface area contributed by atoms with Gasteiger partial charge in [-0.25, -0.2) is 9.97 Å². The van der Waals surface area contributed by atoms with Gasteiger partial charge in [0.15, 0.2) is 0 Å². The average molecular weight is 337 g/mol. The quantitative estimate of drug-likeness (QED) is 0.619. The van der Waals surface area contributed by atoms with Crippen molar-refractivity contribution in [3.8, 4) is 11.4 Å². The van der Waals surface area contributed by atoms with E-state index < -0.39 is 0 Å². The second-order valence-corrected chi connectivity index (χ2v) is 6.60. The fourth-order valence-electron chi connectivity index (χ4n) is 2.86. The number of aromatic amines is 1. The molecule has 0 unspecified atom stereocenters. The molecule has 0 aliphatic heterocycles. The number of H-pyrrole nitrogens is 1. The number of aromatic nitrogens is 3. The smallest absolute Gasteiger partial charge is 0.269 e. The number of fused-ring (bicyclic) bond motifs is 3. The van der Waals surface area contributed by atoms with Gasteiger partial charge in [0.05, 0.1) is 12.1 Å². The van der Waals surface area contributed by atoms with Crippen LogP contribution in [0.2, 0.25) is 0 Å². The van der Waals surface area contributed by atoms with Crippen molar-refractivity contribution in [1.82, 2.24) is 15.0 Å². The summed E-state index contributed by atoms with van der Waals surface area (Å²) in [4.78, 5) is 25.5. The Bertz CT molecular complexity index is 1100. The minimum Gasteiger partial charge on any atom is -0.380 e. The monoisotopic (exact) mass is 337 g/mol. The molecule has 3 heterocycles. The summed E-state index contributed by atoms with van der Waals surface area (Å²) in [6.07, 6.45) is 0. The Balaban J connectivity index is 2.09. The number of methoxy groups -OCH3 is 1. The van der Waals surface area contributed by atoms with Crippen LogP contribution >= 0.6 is 11.3 Å².